The summed E-state index contributed by atoms with van der Waals surface area (Å²) < 4.78 is 5.23. The number of methoxy groups -OCH3 is 1. The van der Waals surface area contributed by atoms with Crippen LogP contribution in [0.25, 0.3) is 0 Å². The van der Waals surface area contributed by atoms with Gasteiger partial charge in [0.05, 0.1) is 13.2 Å². The molecule has 2 heteroatoms. The SMILES string of the molecule is COc1ccc2c(c1)[C@@H](CCC#N)CC2. The number of nitriles is 1. The third-order valence-corrected chi connectivity index (χ3v) is 3.16. The van der Waals surface area contributed by atoms with E-state index in [-0.39, 0.29) is 0 Å². The van der Waals surface area contributed by atoms with Crippen molar-refractivity contribution in [2.45, 2.75) is 31.6 Å². The lowest BCUT2D eigenvalue weighted by atomic mass is 9.96. The number of aryl methyl sites for hydroxylation is 1. The first-order valence-electron chi connectivity index (χ1n) is 5.39. The van der Waals surface area contributed by atoms with Gasteiger partial charge >= 0.3 is 0 Å². The van der Waals surface area contributed by atoms with Crippen LogP contribution in [0.2, 0.25) is 0 Å². The van der Waals surface area contributed by atoms with Gasteiger partial charge in [0.15, 0.2) is 0 Å². The predicted octanol–water partition coefficient (Wildman–Crippen LogP) is 3.03. The molecule has 0 heterocycles. The summed E-state index contributed by atoms with van der Waals surface area (Å²) >= 11 is 0. The Morgan fingerprint density at radius 1 is 1.53 bits per heavy atom. The van der Waals surface area contributed by atoms with Crippen LogP contribution in [0, 0.1) is 11.3 Å². The van der Waals surface area contributed by atoms with Crippen molar-refractivity contribution >= 4 is 0 Å². The zero-order chi connectivity index (χ0) is 10.7. The molecule has 0 amide bonds. The lowest BCUT2D eigenvalue weighted by molar-refractivity contribution is 0.414. The molecular weight excluding hydrogens is 186 g/mol. The molecule has 0 fully saturated rings. The molecule has 2 nitrogen and oxygen atoms in total. The summed E-state index contributed by atoms with van der Waals surface area (Å²) in [6.07, 6.45) is 3.97. The molecule has 1 aliphatic carbocycles. The summed E-state index contributed by atoms with van der Waals surface area (Å²) in [5.74, 6) is 1.49. The molecule has 1 aromatic rings. The van der Waals surface area contributed by atoms with E-state index in [1.807, 2.05) is 6.07 Å². The van der Waals surface area contributed by atoms with Gasteiger partial charge in [0.25, 0.3) is 0 Å². The van der Waals surface area contributed by atoms with E-state index >= 15 is 0 Å². The highest BCUT2D eigenvalue weighted by atomic mass is 16.5. The molecule has 15 heavy (non-hydrogen) atoms. The molecule has 0 saturated carbocycles. The van der Waals surface area contributed by atoms with Crippen molar-refractivity contribution in [3.8, 4) is 11.8 Å². The molecule has 0 aromatic heterocycles. The van der Waals surface area contributed by atoms with Crippen LogP contribution in [0.5, 0.6) is 5.75 Å². The molecule has 0 saturated heterocycles. The monoisotopic (exact) mass is 201 g/mol. The zero-order valence-electron chi connectivity index (χ0n) is 8.99. The minimum atomic E-state index is 0.565. The van der Waals surface area contributed by atoms with Crippen LogP contribution in [0.1, 0.15) is 36.3 Å². The van der Waals surface area contributed by atoms with Gasteiger partial charge in [-0.1, -0.05) is 6.07 Å². The molecular formula is C13H15NO. The summed E-state index contributed by atoms with van der Waals surface area (Å²) in [6.45, 7) is 0. The maximum atomic E-state index is 8.60. The van der Waals surface area contributed by atoms with Gasteiger partial charge in [0.2, 0.25) is 0 Å². The average molecular weight is 201 g/mol. The predicted molar refractivity (Wildman–Crippen MR) is 58.9 cm³/mol. The first-order valence-corrected chi connectivity index (χ1v) is 5.39. The van der Waals surface area contributed by atoms with Crippen LogP contribution in [0.15, 0.2) is 18.2 Å². The number of ether oxygens (including phenoxy) is 1. The van der Waals surface area contributed by atoms with Crippen molar-refractivity contribution in [1.82, 2.24) is 0 Å². The van der Waals surface area contributed by atoms with Gasteiger partial charge in [0.1, 0.15) is 5.75 Å². The number of benzene rings is 1. The lowest BCUT2D eigenvalue weighted by Crippen LogP contribution is -1.94. The standard InChI is InChI=1S/C13H15NO/c1-15-12-7-6-11-5-4-10(3-2-8-14)13(11)9-12/h6-7,9-10H,2-5H2,1H3/t10-/m0/s1. The van der Waals surface area contributed by atoms with Gasteiger partial charge in [-0.3, -0.25) is 0 Å². The highest BCUT2D eigenvalue weighted by molar-refractivity contribution is 5.41. The quantitative estimate of drug-likeness (QED) is 0.753. The van der Waals surface area contributed by atoms with Crippen molar-refractivity contribution in [3.05, 3.63) is 29.3 Å². The second-order valence-electron chi connectivity index (χ2n) is 4.00. The first-order chi connectivity index (χ1) is 7.35. The molecule has 0 aliphatic heterocycles. The van der Waals surface area contributed by atoms with Crippen LogP contribution in [-0.2, 0) is 6.42 Å². The second kappa shape index (κ2) is 4.35. The first kappa shape index (κ1) is 10.0. The van der Waals surface area contributed by atoms with Crippen LogP contribution < -0.4 is 4.74 Å². The maximum Gasteiger partial charge on any atom is 0.119 e. The number of rotatable bonds is 3. The van der Waals surface area contributed by atoms with E-state index in [0.717, 1.165) is 18.6 Å². The number of hydrogen-bond donors (Lipinski definition) is 0. The van der Waals surface area contributed by atoms with E-state index in [1.165, 1.54) is 17.5 Å². The minimum absolute atomic E-state index is 0.565. The van der Waals surface area contributed by atoms with Gasteiger partial charge in [-0.25, -0.2) is 0 Å². The van der Waals surface area contributed by atoms with E-state index in [4.69, 9.17) is 10.00 Å². The largest absolute Gasteiger partial charge is 0.497 e. The topological polar surface area (TPSA) is 33.0 Å². The van der Waals surface area contributed by atoms with Crippen LogP contribution in [0.3, 0.4) is 0 Å². The van der Waals surface area contributed by atoms with Crippen molar-refractivity contribution in [1.29, 1.82) is 5.26 Å². The van der Waals surface area contributed by atoms with Gasteiger partial charge in [-0.05, 0) is 48.4 Å². The fraction of sp³-hybridized carbons (Fsp3) is 0.462. The van der Waals surface area contributed by atoms with Gasteiger partial charge < -0.3 is 4.74 Å². The van der Waals surface area contributed by atoms with E-state index < -0.39 is 0 Å². The Hall–Kier alpha value is -1.49. The summed E-state index contributed by atoms with van der Waals surface area (Å²) in [5.41, 5.74) is 2.82. The van der Waals surface area contributed by atoms with E-state index in [0.29, 0.717) is 12.3 Å². The van der Waals surface area contributed by atoms with Crippen molar-refractivity contribution in [2.24, 2.45) is 0 Å². The van der Waals surface area contributed by atoms with Gasteiger partial charge in [-0.2, -0.15) is 5.26 Å². The molecule has 1 atom stereocenters. The number of fused-ring (bicyclic) bond motifs is 1. The fourth-order valence-electron chi connectivity index (χ4n) is 2.33. The van der Waals surface area contributed by atoms with E-state index in [1.54, 1.807) is 7.11 Å². The highest BCUT2D eigenvalue weighted by Gasteiger charge is 2.22. The van der Waals surface area contributed by atoms with Gasteiger partial charge in [-0.15, -0.1) is 0 Å². The lowest BCUT2D eigenvalue weighted by Gasteiger charge is -2.10. The minimum Gasteiger partial charge on any atom is -0.497 e. The summed E-state index contributed by atoms with van der Waals surface area (Å²) in [7, 11) is 1.70. The van der Waals surface area contributed by atoms with Crippen LogP contribution in [-0.4, -0.2) is 7.11 Å². The highest BCUT2D eigenvalue weighted by Crippen LogP contribution is 2.37. The second-order valence-corrected chi connectivity index (χ2v) is 4.00. The third kappa shape index (κ3) is 1.97. The number of nitrogens with zero attached hydrogens (tertiary/aromatic N) is 1. The smallest absolute Gasteiger partial charge is 0.119 e. The van der Waals surface area contributed by atoms with E-state index in [9.17, 15) is 0 Å². The molecule has 78 valence electrons. The van der Waals surface area contributed by atoms with E-state index in [2.05, 4.69) is 18.2 Å². The fourth-order valence-corrected chi connectivity index (χ4v) is 2.33. The zero-order valence-corrected chi connectivity index (χ0v) is 8.99. The molecule has 0 unspecified atom stereocenters. The van der Waals surface area contributed by atoms with Crippen molar-refractivity contribution < 1.29 is 4.74 Å². The average Bonchev–Trinajstić information content (AvgIpc) is 2.68. The molecule has 0 spiro atoms. The Morgan fingerprint density at radius 3 is 3.13 bits per heavy atom. The van der Waals surface area contributed by atoms with Crippen molar-refractivity contribution in [3.63, 3.8) is 0 Å². The number of hydrogen-bond acceptors (Lipinski definition) is 2. The molecule has 1 aromatic carbocycles. The maximum absolute atomic E-state index is 8.60. The van der Waals surface area contributed by atoms with Crippen LogP contribution in [0.4, 0.5) is 0 Å². The Labute approximate surface area is 90.5 Å². The third-order valence-electron chi connectivity index (χ3n) is 3.16. The van der Waals surface area contributed by atoms with Crippen LogP contribution >= 0.6 is 0 Å². The molecule has 0 bridgehead atoms. The van der Waals surface area contributed by atoms with Crippen molar-refractivity contribution in [2.75, 3.05) is 7.11 Å². The molecule has 2 rings (SSSR count). The molecule has 1 aliphatic rings. The molecule has 0 N–H and O–H groups in total. The normalized spacial score (nSPS) is 18.3. The Kier molecular flexibility index (Phi) is 2.91. The Bertz CT molecular complexity index is 392. The van der Waals surface area contributed by atoms with Gasteiger partial charge in [0, 0.05) is 6.42 Å². The summed E-state index contributed by atoms with van der Waals surface area (Å²) in [5, 5.41) is 8.60. The Balaban J connectivity index is 2.20. The molecule has 0 radical (unpaired) electrons. The summed E-state index contributed by atoms with van der Waals surface area (Å²) in [4.78, 5) is 0. The summed E-state index contributed by atoms with van der Waals surface area (Å²) in [6, 6.07) is 8.52. The Morgan fingerprint density at radius 2 is 2.40 bits per heavy atom.